The normalized spacial score (nSPS) is 13.1. The van der Waals surface area contributed by atoms with Gasteiger partial charge in [-0.05, 0) is 17.4 Å². The summed E-state index contributed by atoms with van der Waals surface area (Å²) in [5.41, 5.74) is 0.796. The molecule has 0 aliphatic carbocycles. The zero-order valence-electron chi connectivity index (χ0n) is 12.9. The van der Waals surface area contributed by atoms with Gasteiger partial charge in [0.15, 0.2) is 0 Å². The number of carbonyl (C=O) groups is 1. The Morgan fingerprint density at radius 2 is 1.74 bits per heavy atom. The van der Waals surface area contributed by atoms with Crippen molar-refractivity contribution in [3.05, 3.63) is 42.5 Å². The van der Waals surface area contributed by atoms with Crippen LogP contribution < -0.4 is 10.6 Å². The minimum atomic E-state index is -1.68. The molecule has 0 radical (unpaired) electrons. The van der Waals surface area contributed by atoms with Crippen molar-refractivity contribution >= 4 is 57.2 Å². The summed E-state index contributed by atoms with van der Waals surface area (Å²) in [4.78, 5) is 12.0. The first-order valence-electron chi connectivity index (χ1n) is 7.37. The maximum atomic E-state index is 12.0. The summed E-state index contributed by atoms with van der Waals surface area (Å²) in [5.74, 6) is 0.0626. The minimum absolute atomic E-state index is 0.163. The fourth-order valence-corrected chi connectivity index (χ4v) is 2.62. The van der Waals surface area contributed by atoms with Crippen LogP contribution in [0.3, 0.4) is 0 Å². The Balaban J connectivity index is 2.25. The van der Waals surface area contributed by atoms with E-state index < -0.39 is 9.96 Å². The third kappa shape index (κ3) is 5.17. The summed E-state index contributed by atoms with van der Waals surface area (Å²) in [7, 11) is 0. The van der Waals surface area contributed by atoms with Crippen LogP contribution in [0.4, 0.5) is 5.69 Å². The quantitative estimate of drug-likeness (QED) is 0.565. The number of anilines is 1. The number of hydrogen-bond donors (Lipinski definition) is 2. The first kappa shape index (κ1) is 18.2. The van der Waals surface area contributed by atoms with Crippen molar-refractivity contribution in [1.29, 1.82) is 0 Å². The minimum Gasteiger partial charge on any atom is -0.361 e. The second-order valence-electron chi connectivity index (χ2n) is 5.81. The van der Waals surface area contributed by atoms with Gasteiger partial charge in [-0.25, -0.2) is 0 Å². The predicted octanol–water partition coefficient (Wildman–Crippen LogP) is 5.11. The van der Waals surface area contributed by atoms with Crippen molar-refractivity contribution in [3.8, 4) is 0 Å². The summed E-state index contributed by atoms with van der Waals surface area (Å²) < 4.78 is -1.68. The average Bonchev–Trinajstić information content (AvgIpc) is 2.45. The van der Waals surface area contributed by atoms with E-state index in [4.69, 9.17) is 34.8 Å². The fourth-order valence-electron chi connectivity index (χ4n) is 2.30. The van der Waals surface area contributed by atoms with Crippen LogP contribution in [0.5, 0.6) is 0 Å². The van der Waals surface area contributed by atoms with E-state index in [1.54, 1.807) is 0 Å². The van der Waals surface area contributed by atoms with Crippen molar-refractivity contribution in [2.45, 2.75) is 30.2 Å². The van der Waals surface area contributed by atoms with Crippen molar-refractivity contribution < 1.29 is 4.79 Å². The van der Waals surface area contributed by atoms with E-state index in [2.05, 4.69) is 10.6 Å². The van der Waals surface area contributed by atoms with Gasteiger partial charge in [0.05, 0.1) is 0 Å². The Hall–Kier alpha value is -1.16. The van der Waals surface area contributed by atoms with Gasteiger partial charge in [-0.2, -0.15) is 0 Å². The maximum absolute atomic E-state index is 12.0. The first-order chi connectivity index (χ1) is 10.8. The molecule has 0 bridgehead atoms. The predicted molar refractivity (Wildman–Crippen MR) is 99.2 cm³/mol. The van der Waals surface area contributed by atoms with Crippen LogP contribution >= 0.6 is 34.8 Å². The van der Waals surface area contributed by atoms with Crippen LogP contribution in [0.2, 0.25) is 0 Å². The number of fused-ring (bicyclic) bond motifs is 1. The molecule has 0 heterocycles. The molecule has 0 aliphatic heterocycles. The molecule has 0 saturated heterocycles. The molecule has 1 atom stereocenters. The monoisotopic (exact) mass is 372 g/mol. The lowest BCUT2D eigenvalue weighted by Gasteiger charge is -2.28. The molecule has 1 amide bonds. The molecule has 0 saturated carbocycles. The van der Waals surface area contributed by atoms with Gasteiger partial charge in [-0.1, -0.05) is 85.0 Å². The van der Waals surface area contributed by atoms with Gasteiger partial charge in [-0.3, -0.25) is 4.79 Å². The van der Waals surface area contributed by atoms with E-state index in [0.29, 0.717) is 6.42 Å². The van der Waals surface area contributed by atoms with Gasteiger partial charge in [0.1, 0.15) is 6.17 Å². The molecule has 3 nitrogen and oxygen atoms in total. The Morgan fingerprint density at radius 3 is 2.39 bits per heavy atom. The van der Waals surface area contributed by atoms with Gasteiger partial charge < -0.3 is 10.6 Å². The van der Waals surface area contributed by atoms with Gasteiger partial charge in [0.2, 0.25) is 9.70 Å². The SMILES string of the molecule is CC(C)CC(=O)N[C@@H](Nc1cccc2ccccc12)C(Cl)(Cl)Cl. The van der Waals surface area contributed by atoms with Crippen molar-refractivity contribution in [1.82, 2.24) is 5.32 Å². The summed E-state index contributed by atoms with van der Waals surface area (Å²) in [6.45, 7) is 3.92. The zero-order valence-corrected chi connectivity index (χ0v) is 15.2. The Bertz CT molecular complexity index is 678. The molecule has 0 unspecified atom stereocenters. The summed E-state index contributed by atoms with van der Waals surface area (Å²) >= 11 is 18.1. The van der Waals surface area contributed by atoms with Crippen LogP contribution in [-0.2, 0) is 4.79 Å². The summed E-state index contributed by atoms with van der Waals surface area (Å²) in [5, 5.41) is 7.95. The Labute approximate surface area is 151 Å². The van der Waals surface area contributed by atoms with Gasteiger partial charge in [0.25, 0.3) is 0 Å². The number of hydrogen-bond acceptors (Lipinski definition) is 2. The van der Waals surface area contributed by atoms with Crippen molar-refractivity contribution in [2.24, 2.45) is 5.92 Å². The second kappa shape index (κ2) is 7.61. The van der Waals surface area contributed by atoms with E-state index >= 15 is 0 Å². The smallest absolute Gasteiger partial charge is 0.228 e. The van der Waals surface area contributed by atoms with Gasteiger partial charge in [0, 0.05) is 17.5 Å². The number of rotatable bonds is 5. The average molecular weight is 374 g/mol. The first-order valence-corrected chi connectivity index (χ1v) is 8.51. The molecule has 124 valence electrons. The number of amides is 1. The molecule has 0 spiro atoms. The topological polar surface area (TPSA) is 41.1 Å². The van der Waals surface area contributed by atoms with Crippen LogP contribution in [0.1, 0.15) is 20.3 Å². The molecular formula is C17H19Cl3N2O. The summed E-state index contributed by atoms with van der Waals surface area (Å²) in [6.07, 6.45) is -0.460. The van der Waals surface area contributed by atoms with Crippen molar-refractivity contribution in [3.63, 3.8) is 0 Å². The fraction of sp³-hybridized carbons (Fsp3) is 0.353. The Morgan fingerprint density at radius 1 is 1.09 bits per heavy atom. The number of halogens is 3. The third-order valence-electron chi connectivity index (χ3n) is 3.32. The molecular weight excluding hydrogens is 355 g/mol. The zero-order chi connectivity index (χ0) is 17.0. The highest BCUT2D eigenvalue weighted by atomic mass is 35.6. The molecule has 0 aliphatic rings. The highest BCUT2D eigenvalue weighted by Crippen LogP contribution is 2.33. The molecule has 23 heavy (non-hydrogen) atoms. The number of nitrogens with one attached hydrogen (secondary N) is 2. The number of alkyl halides is 3. The molecule has 2 aromatic carbocycles. The van der Waals surface area contributed by atoms with Crippen LogP contribution in [-0.4, -0.2) is 15.9 Å². The van der Waals surface area contributed by atoms with E-state index in [0.717, 1.165) is 16.5 Å². The Kier molecular flexibility index (Phi) is 6.01. The lowest BCUT2D eigenvalue weighted by molar-refractivity contribution is -0.122. The van der Waals surface area contributed by atoms with Crippen molar-refractivity contribution in [2.75, 3.05) is 5.32 Å². The van der Waals surface area contributed by atoms with Gasteiger partial charge >= 0.3 is 0 Å². The molecule has 0 fully saturated rings. The third-order valence-corrected chi connectivity index (χ3v) is 3.97. The largest absolute Gasteiger partial charge is 0.361 e. The number of carbonyl (C=O) groups excluding carboxylic acids is 1. The molecule has 2 rings (SSSR count). The van der Waals surface area contributed by atoms with E-state index in [9.17, 15) is 4.79 Å². The molecule has 2 aromatic rings. The molecule has 2 N–H and O–H groups in total. The van der Waals surface area contributed by atoms with E-state index in [1.165, 1.54) is 0 Å². The molecule has 0 aromatic heterocycles. The maximum Gasteiger partial charge on any atom is 0.228 e. The summed E-state index contributed by atoms with van der Waals surface area (Å²) in [6, 6.07) is 13.7. The van der Waals surface area contributed by atoms with E-state index in [1.807, 2.05) is 56.3 Å². The molecule has 6 heteroatoms. The highest BCUT2D eigenvalue weighted by Gasteiger charge is 2.34. The van der Waals surface area contributed by atoms with Crippen LogP contribution in [0.15, 0.2) is 42.5 Å². The van der Waals surface area contributed by atoms with Gasteiger partial charge in [-0.15, -0.1) is 0 Å². The second-order valence-corrected chi connectivity index (χ2v) is 8.18. The standard InChI is InChI=1S/C17H19Cl3N2O/c1-11(2)10-15(23)22-16(17(18,19)20)21-14-9-5-7-12-6-3-4-8-13(12)14/h3-9,11,16,21H,10H2,1-2H3,(H,22,23)/t16-/m1/s1. The van der Waals surface area contributed by atoms with E-state index in [-0.39, 0.29) is 11.8 Å². The number of benzene rings is 2. The lowest BCUT2D eigenvalue weighted by atomic mass is 10.1. The highest BCUT2D eigenvalue weighted by molar-refractivity contribution is 6.68. The lowest BCUT2D eigenvalue weighted by Crippen LogP contribution is -2.49. The van der Waals surface area contributed by atoms with Crippen LogP contribution in [0, 0.1) is 5.92 Å². The van der Waals surface area contributed by atoms with Crippen LogP contribution in [0.25, 0.3) is 10.8 Å².